The van der Waals surface area contributed by atoms with Gasteiger partial charge in [0.05, 0.1) is 12.2 Å². The van der Waals surface area contributed by atoms with Gasteiger partial charge in [-0.15, -0.1) is 0 Å². The number of ketones is 1. The first-order valence-corrected chi connectivity index (χ1v) is 4.82. The maximum atomic E-state index is 11.3. The number of carbonyl (C=O) groups excluding carboxylic acids is 1. The molecule has 1 aliphatic rings. The van der Waals surface area contributed by atoms with Crippen LogP contribution < -0.4 is 0 Å². The van der Waals surface area contributed by atoms with E-state index in [-0.39, 0.29) is 5.60 Å². The summed E-state index contributed by atoms with van der Waals surface area (Å²) in [6.45, 7) is 4.92. The Morgan fingerprint density at radius 3 is 2.67 bits per heavy atom. The van der Waals surface area contributed by atoms with Crippen LogP contribution in [-0.4, -0.2) is 18.0 Å². The molecule has 2 heteroatoms. The normalized spacial score (nSPS) is 27.2. The molecular formula is C10H18O2. The molecule has 1 aliphatic heterocycles. The summed E-state index contributed by atoms with van der Waals surface area (Å²) >= 11 is 0. The monoisotopic (exact) mass is 170 g/mol. The van der Waals surface area contributed by atoms with Crippen LogP contribution in [0, 0.1) is 0 Å². The van der Waals surface area contributed by atoms with Crippen LogP contribution >= 0.6 is 0 Å². The smallest absolute Gasteiger partial charge is 0.135 e. The summed E-state index contributed by atoms with van der Waals surface area (Å²) in [5.74, 6) is 0.364. The Hall–Kier alpha value is -0.370. The summed E-state index contributed by atoms with van der Waals surface area (Å²) < 4.78 is 5.15. The van der Waals surface area contributed by atoms with Crippen molar-refractivity contribution >= 4 is 5.78 Å². The first-order chi connectivity index (χ1) is 5.66. The first-order valence-electron chi connectivity index (χ1n) is 4.82. The van der Waals surface area contributed by atoms with Crippen LogP contribution in [0.2, 0.25) is 0 Å². The zero-order chi connectivity index (χ0) is 9.03. The average Bonchev–Trinajstić information content (AvgIpc) is 2.68. The maximum Gasteiger partial charge on any atom is 0.135 e. The van der Waals surface area contributed by atoms with Crippen molar-refractivity contribution in [3.8, 4) is 0 Å². The van der Waals surface area contributed by atoms with Gasteiger partial charge in [-0.05, 0) is 13.3 Å². The lowest BCUT2D eigenvalue weighted by Crippen LogP contribution is -2.12. The fourth-order valence-corrected chi connectivity index (χ4v) is 1.30. The molecule has 70 valence electrons. The van der Waals surface area contributed by atoms with Crippen molar-refractivity contribution in [1.29, 1.82) is 0 Å². The van der Waals surface area contributed by atoms with Crippen molar-refractivity contribution in [1.82, 2.24) is 0 Å². The lowest BCUT2D eigenvalue weighted by Gasteiger charge is -2.02. The molecule has 0 aromatic carbocycles. The standard InChI is InChI=1S/C10H18O2/c1-3-4-5-6-9(11)7-10(2)8-12-10/h3-8H2,1-2H3. The van der Waals surface area contributed by atoms with Gasteiger partial charge in [0, 0.05) is 12.8 Å². The lowest BCUT2D eigenvalue weighted by atomic mass is 10.0. The van der Waals surface area contributed by atoms with Crippen molar-refractivity contribution in [3.63, 3.8) is 0 Å². The van der Waals surface area contributed by atoms with Crippen LogP contribution in [0.25, 0.3) is 0 Å². The first kappa shape index (κ1) is 9.72. The topological polar surface area (TPSA) is 29.6 Å². The van der Waals surface area contributed by atoms with Gasteiger partial charge < -0.3 is 4.74 Å². The fourth-order valence-electron chi connectivity index (χ4n) is 1.30. The molecule has 1 rings (SSSR count). The van der Waals surface area contributed by atoms with Crippen LogP contribution in [0.5, 0.6) is 0 Å². The number of hydrogen-bond donors (Lipinski definition) is 0. The van der Waals surface area contributed by atoms with Crippen LogP contribution in [0.1, 0.15) is 46.0 Å². The van der Waals surface area contributed by atoms with Gasteiger partial charge in [0.1, 0.15) is 5.78 Å². The molecule has 1 fully saturated rings. The zero-order valence-electron chi connectivity index (χ0n) is 8.06. The summed E-state index contributed by atoms with van der Waals surface area (Å²) in [6, 6.07) is 0. The predicted octanol–water partition coefficient (Wildman–Crippen LogP) is 2.31. The minimum absolute atomic E-state index is 0.0801. The predicted molar refractivity (Wildman–Crippen MR) is 48.1 cm³/mol. The van der Waals surface area contributed by atoms with Crippen LogP contribution in [-0.2, 0) is 9.53 Å². The molecule has 0 saturated carbocycles. The third-order valence-electron chi connectivity index (χ3n) is 2.27. The molecule has 0 aliphatic carbocycles. The van der Waals surface area contributed by atoms with Crippen molar-refractivity contribution in [2.24, 2.45) is 0 Å². The maximum absolute atomic E-state index is 11.3. The second-order valence-corrected chi connectivity index (χ2v) is 3.91. The van der Waals surface area contributed by atoms with Gasteiger partial charge in [-0.1, -0.05) is 19.8 Å². The van der Waals surface area contributed by atoms with E-state index < -0.39 is 0 Å². The Balaban J connectivity index is 2.04. The lowest BCUT2D eigenvalue weighted by molar-refractivity contribution is -0.120. The highest BCUT2D eigenvalue weighted by atomic mass is 16.6. The van der Waals surface area contributed by atoms with Gasteiger partial charge in [-0.25, -0.2) is 0 Å². The number of carbonyl (C=O) groups is 1. The Morgan fingerprint density at radius 2 is 2.17 bits per heavy atom. The molecule has 0 bridgehead atoms. The summed E-state index contributed by atoms with van der Waals surface area (Å²) in [4.78, 5) is 11.3. The molecule has 0 aromatic heterocycles. The number of Topliss-reactive ketones (excluding diaryl/α,β-unsaturated/α-hetero) is 1. The highest BCUT2D eigenvalue weighted by Crippen LogP contribution is 2.30. The molecule has 0 aromatic rings. The van der Waals surface area contributed by atoms with E-state index in [1.165, 1.54) is 12.8 Å². The van der Waals surface area contributed by atoms with Crippen LogP contribution in [0.3, 0.4) is 0 Å². The van der Waals surface area contributed by atoms with Crippen LogP contribution in [0.4, 0.5) is 0 Å². The van der Waals surface area contributed by atoms with E-state index in [2.05, 4.69) is 6.92 Å². The number of ether oxygens (including phenoxy) is 1. The van der Waals surface area contributed by atoms with E-state index in [1.54, 1.807) is 0 Å². The summed E-state index contributed by atoms with van der Waals surface area (Å²) in [5.41, 5.74) is -0.0801. The van der Waals surface area contributed by atoms with E-state index in [4.69, 9.17) is 4.74 Å². The minimum atomic E-state index is -0.0801. The molecule has 2 nitrogen and oxygen atoms in total. The Bertz CT molecular complexity index is 159. The molecule has 1 atom stereocenters. The third-order valence-corrected chi connectivity index (χ3v) is 2.27. The van der Waals surface area contributed by atoms with E-state index in [0.717, 1.165) is 19.4 Å². The van der Waals surface area contributed by atoms with Gasteiger partial charge in [0.25, 0.3) is 0 Å². The number of epoxide rings is 1. The van der Waals surface area contributed by atoms with Crippen molar-refractivity contribution in [2.75, 3.05) is 6.61 Å². The Morgan fingerprint density at radius 1 is 1.50 bits per heavy atom. The molecule has 12 heavy (non-hydrogen) atoms. The van der Waals surface area contributed by atoms with Crippen molar-refractivity contribution < 1.29 is 9.53 Å². The number of rotatable bonds is 6. The van der Waals surface area contributed by atoms with Gasteiger partial charge in [0.15, 0.2) is 0 Å². The summed E-state index contributed by atoms with van der Waals surface area (Å²) in [6.07, 6.45) is 4.76. The number of unbranched alkanes of at least 4 members (excludes halogenated alkanes) is 2. The van der Waals surface area contributed by atoms with Gasteiger partial charge >= 0.3 is 0 Å². The second kappa shape index (κ2) is 4.04. The van der Waals surface area contributed by atoms with Gasteiger partial charge in [-0.3, -0.25) is 4.79 Å². The molecule has 0 radical (unpaired) electrons. The quantitative estimate of drug-likeness (QED) is 0.452. The largest absolute Gasteiger partial charge is 0.369 e. The molecule has 0 amide bonds. The SMILES string of the molecule is CCCCCC(=O)CC1(C)CO1. The minimum Gasteiger partial charge on any atom is -0.369 e. The van der Waals surface area contributed by atoms with Crippen molar-refractivity contribution in [3.05, 3.63) is 0 Å². The summed E-state index contributed by atoms with van der Waals surface area (Å²) in [7, 11) is 0. The average molecular weight is 170 g/mol. The zero-order valence-corrected chi connectivity index (χ0v) is 8.06. The summed E-state index contributed by atoms with van der Waals surface area (Å²) in [5, 5.41) is 0. The van der Waals surface area contributed by atoms with Gasteiger partial charge in [-0.2, -0.15) is 0 Å². The van der Waals surface area contributed by atoms with E-state index in [0.29, 0.717) is 12.2 Å². The number of hydrogen-bond acceptors (Lipinski definition) is 2. The van der Waals surface area contributed by atoms with Gasteiger partial charge in [0.2, 0.25) is 0 Å². The third kappa shape index (κ3) is 3.35. The second-order valence-electron chi connectivity index (χ2n) is 3.91. The van der Waals surface area contributed by atoms with E-state index in [9.17, 15) is 4.79 Å². The fraction of sp³-hybridized carbons (Fsp3) is 0.900. The molecule has 0 N–H and O–H groups in total. The molecular weight excluding hydrogens is 152 g/mol. The molecule has 0 spiro atoms. The van der Waals surface area contributed by atoms with Crippen LogP contribution in [0.15, 0.2) is 0 Å². The van der Waals surface area contributed by atoms with E-state index >= 15 is 0 Å². The highest BCUT2D eigenvalue weighted by Gasteiger charge is 2.40. The molecule has 1 unspecified atom stereocenters. The molecule has 1 saturated heterocycles. The Labute approximate surface area is 74.3 Å². The Kier molecular flexibility index (Phi) is 3.27. The van der Waals surface area contributed by atoms with Crippen molar-refractivity contribution in [2.45, 2.75) is 51.6 Å². The van der Waals surface area contributed by atoms with E-state index in [1.807, 2.05) is 6.92 Å². The highest BCUT2D eigenvalue weighted by molar-refractivity contribution is 5.79. The molecule has 1 heterocycles.